The first-order valence-corrected chi connectivity index (χ1v) is 3.59. The van der Waals surface area contributed by atoms with Crippen LogP contribution in [-0.2, 0) is 11.3 Å². The second-order valence-corrected chi connectivity index (χ2v) is 2.67. The zero-order valence-electron chi connectivity index (χ0n) is 7.03. The first-order chi connectivity index (χ1) is 6.00. The highest BCUT2D eigenvalue weighted by Crippen LogP contribution is 1.82. The Morgan fingerprint density at radius 3 is 2.77 bits per heavy atom. The van der Waals surface area contributed by atoms with Gasteiger partial charge in [-0.2, -0.15) is 0 Å². The zero-order valence-corrected chi connectivity index (χ0v) is 7.03. The van der Waals surface area contributed by atoms with Gasteiger partial charge < -0.3 is 5.73 Å². The maximum Gasteiger partial charge on any atom is 0.328 e. The Labute approximate surface area is 73.0 Å². The molecule has 6 nitrogen and oxygen atoms in total. The summed E-state index contributed by atoms with van der Waals surface area (Å²) < 4.78 is 1.05. The number of nitrogens with two attached hydrogens (primary N) is 1. The van der Waals surface area contributed by atoms with E-state index in [2.05, 4.69) is 4.98 Å². The molecule has 1 aromatic rings. The molecule has 1 amide bonds. The molecule has 0 saturated heterocycles. The summed E-state index contributed by atoms with van der Waals surface area (Å²) in [5.41, 5.74) is 4.17. The van der Waals surface area contributed by atoms with Crippen LogP contribution >= 0.6 is 0 Å². The van der Waals surface area contributed by atoms with Gasteiger partial charge in [0.1, 0.15) is 6.54 Å². The van der Waals surface area contributed by atoms with Gasteiger partial charge in [-0.15, -0.1) is 0 Å². The van der Waals surface area contributed by atoms with E-state index in [1.165, 1.54) is 13.1 Å². The lowest BCUT2D eigenvalue weighted by Gasteiger charge is -2.01. The lowest BCUT2D eigenvalue weighted by Crippen LogP contribution is -2.34. The highest BCUT2D eigenvalue weighted by atomic mass is 16.2. The minimum Gasteiger partial charge on any atom is -0.368 e. The fraction of sp³-hybridized carbons (Fsp3) is 0.286. The van der Waals surface area contributed by atoms with E-state index in [0.29, 0.717) is 5.56 Å². The predicted octanol–water partition coefficient (Wildman–Crippen LogP) is -1.67. The molecular weight excluding hydrogens is 174 g/mol. The lowest BCUT2D eigenvalue weighted by atomic mass is 10.4. The van der Waals surface area contributed by atoms with Crippen LogP contribution in [0.3, 0.4) is 0 Å². The van der Waals surface area contributed by atoms with Gasteiger partial charge in [-0.25, -0.2) is 4.79 Å². The summed E-state index contributed by atoms with van der Waals surface area (Å²) in [5.74, 6) is -0.631. The van der Waals surface area contributed by atoms with Gasteiger partial charge in [0.25, 0.3) is 5.56 Å². The Balaban J connectivity index is 3.24. The Bertz CT molecular complexity index is 443. The molecule has 0 saturated carbocycles. The molecule has 0 aliphatic carbocycles. The van der Waals surface area contributed by atoms with Crippen molar-refractivity contribution in [2.45, 2.75) is 13.5 Å². The topological polar surface area (TPSA) is 97.9 Å². The van der Waals surface area contributed by atoms with Crippen molar-refractivity contribution in [1.29, 1.82) is 0 Å². The van der Waals surface area contributed by atoms with Crippen LogP contribution in [0, 0.1) is 6.92 Å². The van der Waals surface area contributed by atoms with Crippen molar-refractivity contribution in [3.8, 4) is 0 Å². The Morgan fingerprint density at radius 2 is 2.23 bits per heavy atom. The van der Waals surface area contributed by atoms with Crippen LogP contribution in [0.15, 0.2) is 15.8 Å². The number of nitrogens with zero attached hydrogens (tertiary/aromatic N) is 1. The van der Waals surface area contributed by atoms with E-state index in [0.717, 1.165) is 4.57 Å². The molecule has 0 aliphatic heterocycles. The zero-order chi connectivity index (χ0) is 10.0. The fourth-order valence-electron chi connectivity index (χ4n) is 0.904. The summed E-state index contributed by atoms with van der Waals surface area (Å²) in [5, 5.41) is 0. The summed E-state index contributed by atoms with van der Waals surface area (Å²) in [7, 11) is 0. The van der Waals surface area contributed by atoms with Crippen LogP contribution < -0.4 is 17.0 Å². The second kappa shape index (κ2) is 3.26. The predicted molar refractivity (Wildman–Crippen MR) is 45.3 cm³/mol. The molecule has 3 N–H and O–H groups in total. The minimum atomic E-state index is -0.631. The summed E-state index contributed by atoms with van der Waals surface area (Å²) in [6, 6.07) is 0. The van der Waals surface area contributed by atoms with Gasteiger partial charge in [-0.1, -0.05) is 0 Å². The third kappa shape index (κ3) is 2.05. The third-order valence-corrected chi connectivity index (χ3v) is 1.52. The summed E-state index contributed by atoms with van der Waals surface area (Å²) in [6.07, 6.45) is 1.30. The smallest absolute Gasteiger partial charge is 0.328 e. The molecule has 13 heavy (non-hydrogen) atoms. The number of aromatic nitrogens is 2. The molecule has 1 heterocycles. The average Bonchev–Trinajstić information content (AvgIpc) is 1.99. The first kappa shape index (κ1) is 9.24. The molecule has 0 spiro atoms. The quantitative estimate of drug-likeness (QED) is 0.573. The van der Waals surface area contributed by atoms with Gasteiger partial charge in [-0.05, 0) is 6.92 Å². The molecule has 6 heteroatoms. The van der Waals surface area contributed by atoms with Gasteiger partial charge in [0.2, 0.25) is 5.91 Å². The van der Waals surface area contributed by atoms with Crippen LogP contribution in [0.4, 0.5) is 0 Å². The van der Waals surface area contributed by atoms with Crippen molar-refractivity contribution in [2.24, 2.45) is 5.73 Å². The number of nitrogens with one attached hydrogen (secondary N) is 1. The third-order valence-electron chi connectivity index (χ3n) is 1.52. The van der Waals surface area contributed by atoms with Crippen LogP contribution in [0.5, 0.6) is 0 Å². The number of aromatic amines is 1. The molecular formula is C7H9N3O3. The summed E-state index contributed by atoms with van der Waals surface area (Å²) in [4.78, 5) is 34.5. The van der Waals surface area contributed by atoms with Crippen molar-refractivity contribution < 1.29 is 4.79 Å². The van der Waals surface area contributed by atoms with E-state index in [9.17, 15) is 14.4 Å². The van der Waals surface area contributed by atoms with Gasteiger partial charge in [0.05, 0.1) is 0 Å². The molecule has 0 fully saturated rings. The monoisotopic (exact) mass is 183 g/mol. The second-order valence-electron chi connectivity index (χ2n) is 2.67. The molecule has 0 radical (unpaired) electrons. The van der Waals surface area contributed by atoms with E-state index in [4.69, 9.17) is 5.73 Å². The van der Waals surface area contributed by atoms with Gasteiger partial charge in [0.15, 0.2) is 0 Å². The normalized spacial score (nSPS) is 9.92. The Hall–Kier alpha value is -1.85. The number of carbonyl (C=O) groups excluding carboxylic acids is 1. The summed E-state index contributed by atoms with van der Waals surface area (Å²) >= 11 is 0. The van der Waals surface area contributed by atoms with E-state index >= 15 is 0 Å². The molecule has 0 unspecified atom stereocenters. The number of H-pyrrole nitrogens is 1. The number of aryl methyl sites for hydroxylation is 1. The van der Waals surface area contributed by atoms with Crippen LogP contribution in [-0.4, -0.2) is 15.5 Å². The molecule has 0 bridgehead atoms. The van der Waals surface area contributed by atoms with E-state index < -0.39 is 17.2 Å². The van der Waals surface area contributed by atoms with Gasteiger partial charge in [-0.3, -0.25) is 19.1 Å². The molecule has 1 aromatic heterocycles. The largest absolute Gasteiger partial charge is 0.368 e. The molecule has 0 aromatic carbocycles. The van der Waals surface area contributed by atoms with Gasteiger partial charge in [0, 0.05) is 11.8 Å². The lowest BCUT2D eigenvalue weighted by molar-refractivity contribution is -0.118. The standard InChI is InChI=1S/C7H9N3O3/c1-4-2-10(3-5(8)11)7(13)9-6(4)12/h2H,3H2,1H3,(H2,8,11)(H,9,12,13). The van der Waals surface area contributed by atoms with E-state index in [-0.39, 0.29) is 6.54 Å². The molecule has 0 atom stereocenters. The number of carbonyl (C=O) groups is 1. The molecule has 1 rings (SSSR count). The number of primary amides is 1. The first-order valence-electron chi connectivity index (χ1n) is 3.59. The van der Waals surface area contributed by atoms with E-state index in [1.807, 2.05) is 0 Å². The summed E-state index contributed by atoms with van der Waals surface area (Å²) in [6.45, 7) is 1.31. The number of hydrogen-bond acceptors (Lipinski definition) is 3. The van der Waals surface area contributed by atoms with Crippen molar-refractivity contribution in [2.75, 3.05) is 0 Å². The number of rotatable bonds is 2. The SMILES string of the molecule is Cc1cn(CC(N)=O)c(=O)[nH]c1=O. The average molecular weight is 183 g/mol. The number of hydrogen-bond donors (Lipinski definition) is 2. The van der Waals surface area contributed by atoms with Crippen molar-refractivity contribution in [3.63, 3.8) is 0 Å². The van der Waals surface area contributed by atoms with Crippen molar-refractivity contribution in [1.82, 2.24) is 9.55 Å². The van der Waals surface area contributed by atoms with Crippen molar-refractivity contribution in [3.05, 3.63) is 32.6 Å². The maximum atomic E-state index is 11.0. The molecule has 0 aliphatic rings. The highest BCUT2D eigenvalue weighted by Gasteiger charge is 2.02. The van der Waals surface area contributed by atoms with Crippen LogP contribution in [0.2, 0.25) is 0 Å². The Kier molecular flexibility index (Phi) is 2.32. The Morgan fingerprint density at radius 1 is 1.62 bits per heavy atom. The number of amides is 1. The maximum absolute atomic E-state index is 11.0. The van der Waals surface area contributed by atoms with Crippen molar-refractivity contribution >= 4 is 5.91 Å². The fourth-order valence-corrected chi connectivity index (χ4v) is 0.904. The molecule has 70 valence electrons. The minimum absolute atomic E-state index is 0.226. The van der Waals surface area contributed by atoms with E-state index in [1.54, 1.807) is 0 Å². The highest BCUT2D eigenvalue weighted by molar-refractivity contribution is 5.73. The van der Waals surface area contributed by atoms with Gasteiger partial charge >= 0.3 is 5.69 Å². The van der Waals surface area contributed by atoms with Crippen LogP contribution in [0.25, 0.3) is 0 Å². The van der Waals surface area contributed by atoms with Crippen LogP contribution in [0.1, 0.15) is 5.56 Å².